The molecule has 18 heavy (non-hydrogen) atoms. The highest BCUT2D eigenvalue weighted by Crippen LogP contribution is 2.22. The van der Waals surface area contributed by atoms with E-state index >= 15 is 0 Å². The van der Waals surface area contributed by atoms with Crippen LogP contribution in [0.15, 0.2) is 24.3 Å². The van der Waals surface area contributed by atoms with Crippen molar-refractivity contribution in [3.8, 4) is 0 Å². The van der Waals surface area contributed by atoms with Gasteiger partial charge in [-0.2, -0.15) is 0 Å². The first-order chi connectivity index (χ1) is 8.60. The largest absolute Gasteiger partial charge is 0.477 e. The minimum atomic E-state index is -0.949. The highest BCUT2D eigenvalue weighted by atomic mass is 32.1. The maximum Gasteiger partial charge on any atom is 0.347 e. The molecular formula is C13H12FNO2S. The smallest absolute Gasteiger partial charge is 0.347 e. The molecule has 0 spiro atoms. The van der Waals surface area contributed by atoms with Crippen molar-refractivity contribution in [2.45, 2.75) is 19.8 Å². The summed E-state index contributed by atoms with van der Waals surface area (Å²) in [6.07, 6.45) is 1.05. The summed E-state index contributed by atoms with van der Waals surface area (Å²) in [6, 6.07) is 6.26. The van der Waals surface area contributed by atoms with Crippen molar-refractivity contribution < 1.29 is 14.3 Å². The van der Waals surface area contributed by atoms with E-state index in [1.165, 1.54) is 12.1 Å². The lowest BCUT2D eigenvalue weighted by Gasteiger charge is -1.97. The maximum atomic E-state index is 13.0. The second kappa shape index (κ2) is 5.27. The van der Waals surface area contributed by atoms with Gasteiger partial charge in [0.2, 0.25) is 0 Å². The normalized spacial score (nSPS) is 10.6. The average Bonchev–Trinajstić information content (AvgIpc) is 2.72. The molecule has 0 fully saturated rings. The molecule has 3 nitrogen and oxygen atoms in total. The molecule has 2 aromatic rings. The van der Waals surface area contributed by atoms with Crippen LogP contribution in [0.3, 0.4) is 0 Å². The molecule has 1 aromatic heterocycles. The van der Waals surface area contributed by atoms with Crippen LogP contribution in [0.25, 0.3) is 0 Å². The SMILES string of the molecule is CCc1nc(Cc2cccc(F)c2)sc1C(=O)O. The van der Waals surface area contributed by atoms with Crippen LogP contribution in [0.4, 0.5) is 4.39 Å². The molecule has 0 aliphatic carbocycles. The Morgan fingerprint density at radius 2 is 2.28 bits per heavy atom. The molecule has 1 N–H and O–H groups in total. The number of rotatable bonds is 4. The molecule has 5 heteroatoms. The number of aromatic nitrogens is 1. The van der Waals surface area contributed by atoms with E-state index in [-0.39, 0.29) is 10.7 Å². The van der Waals surface area contributed by atoms with Crippen molar-refractivity contribution in [2.24, 2.45) is 0 Å². The number of hydrogen-bond acceptors (Lipinski definition) is 3. The minimum absolute atomic E-state index is 0.281. The molecule has 0 aliphatic rings. The van der Waals surface area contributed by atoms with Crippen LogP contribution < -0.4 is 0 Å². The van der Waals surface area contributed by atoms with E-state index in [9.17, 15) is 9.18 Å². The van der Waals surface area contributed by atoms with Gasteiger partial charge in [0.15, 0.2) is 0 Å². The monoisotopic (exact) mass is 265 g/mol. The van der Waals surface area contributed by atoms with Crippen LogP contribution >= 0.6 is 11.3 Å². The van der Waals surface area contributed by atoms with Gasteiger partial charge in [-0.1, -0.05) is 19.1 Å². The summed E-state index contributed by atoms with van der Waals surface area (Å²) in [6.45, 7) is 1.87. The lowest BCUT2D eigenvalue weighted by molar-refractivity contribution is 0.0701. The van der Waals surface area contributed by atoms with Gasteiger partial charge in [-0.15, -0.1) is 11.3 Å². The maximum absolute atomic E-state index is 13.0. The Balaban J connectivity index is 2.27. The van der Waals surface area contributed by atoms with Crippen LogP contribution in [0.2, 0.25) is 0 Å². The summed E-state index contributed by atoms with van der Waals surface area (Å²) in [5.41, 5.74) is 1.39. The van der Waals surface area contributed by atoms with Gasteiger partial charge in [-0.25, -0.2) is 14.2 Å². The predicted molar refractivity (Wildman–Crippen MR) is 67.7 cm³/mol. The van der Waals surface area contributed by atoms with Crippen molar-refractivity contribution in [3.63, 3.8) is 0 Å². The van der Waals surface area contributed by atoms with Crippen LogP contribution in [0.1, 0.15) is 32.9 Å². The van der Waals surface area contributed by atoms with Gasteiger partial charge in [-0.3, -0.25) is 0 Å². The summed E-state index contributed by atoms with van der Waals surface area (Å²) < 4.78 is 13.0. The van der Waals surface area contributed by atoms with Crippen molar-refractivity contribution in [1.29, 1.82) is 0 Å². The molecule has 0 saturated heterocycles. The third-order valence-corrected chi connectivity index (χ3v) is 3.60. The van der Waals surface area contributed by atoms with Gasteiger partial charge < -0.3 is 5.11 Å². The molecule has 0 atom stereocenters. The second-order valence-electron chi connectivity index (χ2n) is 3.85. The molecule has 1 aromatic carbocycles. The molecule has 0 radical (unpaired) electrons. The van der Waals surface area contributed by atoms with Crippen LogP contribution in [0.5, 0.6) is 0 Å². The number of aryl methyl sites for hydroxylation is 1. The summed E-state index contributed by atoms with van der Waals surface area (Å²) >= 11 is 1.16. The highest BCUT2D eigenvalue weighted by molar-refractivity contribution is 7.13. The average molecular weight is 265 g/mol. The lowest BCUT2D eigenvalue weighted by atomic mass is 10.1. The molecular weight excluding hydrogens is 253 g/mol. The third-order valence-electron chi connectivity index (χ3n) is 2.52. The Labute approximate surface area is 108 Å². The Bertz CT molecular complexity index is 580. The first-order valence-corrected chi connectivity index (χ1v) is 6.38. The Hall–Kier alpha value is -1.75. The summed E-state index contributed by atoms with van der Waals surface area (Å²) in [7, 11) is 0. The van der Waals surface area contributed by atoms with E-state index < -0.39 is 5.97 Å². The number of benzene rings is 1. The van der Waals surface area contributed by atoms with Gasteiger partial charge in [0.25, 0.3) is 0 Å². The van der Waals surface area contributed by atoms with E-state index in [0.29, 0.717) is 23.5 Å². The Morgan fingerprint density at radius 1 is 1.50 bits per heavy atom. The first-order valence-electron chi connectivity index (χ1n) is 5.56. The first kappa shape index (κ1) is 12.7. The number of halogens is 1. The van der Waals surface area contributed by atoms with E-state index in [1.807, 2.05) is 6.92 Å². The number of carbonyl (C=O) groups is 1. The van der Waals surface area contributed by atoms with Gasteiger partial charge >= 0.3 is 5.97 Å². The number of hydrogen-bond donors (Lipinski definition) is 1. The fourth-order valence-corrected chi connectivity index (χ4v) is 2.73. The number of nitrogens with zero attached hydrogens (tertiary/aromatic N) is 1. The van der Waals surface area contributed by atoms with Crippen LogP contribution in [0, 0.1) is 5.82 Å². The molecule has 2 rings (SSSR count). The van der Waals surface area contributed by atoms with Gasteiger partial charge in [0.1, 0.15) is 10.7 Å². The number of carboxylic acid groups (broad SMARTS) is 1. The van der Waals surface area contributed by atoms with Gasteiger partial charge in [0, 0.05) is 6.42 Å². The zero-order valence-electron chi connectivity index (χ0n) is 9.81. The lowest BCUT2D eigenvalue weighted by Crippen LogP contribution is -1.97. The fourth-order valence-electron chi connectivity index (χ4n) is 1.70. The van der Waals surface area contributed by atoms with E-state index in [0.717, 1.165) is 16.9 Å². The third kappa shape index (κ3) is 2.73. The van der Waals surface area contributed by atoms with Crippen LogP contribution in [-0.4, -0.2) is 16.1 Å². The summed E-state index contributed by atoms with van der Waals surface area (Å²) in [5, 5.41) is 9.73. The number of carboxylic acids is 1. The molecule has 94 valence electrons. The topological polar surface area (TPSA) is 50.2 Å². The molecule has 1 heterocycles. The molecule has 0 amide bonds. The zero-order chi connectivity index (χ0) is 13.1. The van der Waals surface area contributed by atoms with E-state index in [1.54, 1.807) is 12.1 Å². The Morgan fingerprint density at radius 3 is 2.83 bits per heavy atom. The van der Waals surface area contributed by atoms with Crippen molar-refractivity contribution in [2.75, 3.05) is 0 Å². The zero-order valence-corrected chi connectivity index (χ0v) is 10.6. The van der Waals surface area contributed by atoms with Crippen molar-refractivity contribution in [1.82, 2.24) is 4.98 Å². The molecule has 0 aliphatic heterocycles. The predicted octanol–water partition coefficient (Wildman–Crippen LogP) is 3.13. The number of aromatic carboxylic acids is 1. The number of thiazole rings is 1. The van der Waals surface area contributed by atoms with E-state index in [2.05, 4.69) is 4.98 Å². The molecule has 0 bridgehead atoms. The second-order valence-corrected chi connectivity index (χ2v) is 4.93. The van der Waals surface area contributed by atoms with E-state index in [4.69, 9.17) is 5.11 Å². The molecule has 0 unspecified atom stereocenters. The highest BCUT2D eigenvalue weighted by Gasteiger charge is 2.15. The molecule has 0 saturated carbocycles. The standard InChI is InChI=1S/C13H12FNO2S/c1-2-10-12(13(16)17)18-11(15-10)7-8-4-3-5-9(14)6-8/h3-6H,2,7H2,1H3,(H,16,17). The van der Waals surface area contributed by atoms with Crippen molar-refractivity contribution >= 4 is 17.3 Å². The van der Waals surface area contributed by atoms with Crippen molar-refractivity contribution in [3.05, 3.63) is 51.2 Å². The summed E-state index contributed by atoms with van der Waals surface area (Å²) in [4.78, 5) is 15.6. The Kier molecular flexibility index (Phi) is 3.72. The van der Waals surface area contributed by atoms with Gasteiger partial charge in [-0.05, 0) is 24.1 Å². The van der Waals surface area contributed by atoms with Gasteiger partial charge in [0.05, 0.1) is 10.7 Å². The summed E-state index contributed by atoms with van der Waals surface area (Å²) in [5.74, 6) is -1.24. The quantitative estimate of drug-likeness (QED) is 0.924. The van der Waals surface area contributed by atoms with Crippen LogP contribution in [-0.2, 0) is 12.8 Å². The minimum Gasteiger partial charge on any atom is -0.477 e. The fraction of sp³-hybridized carbons (Fsp3) is 0.231.